The van der Waals surface area contributed by atoms with E-state index >= 15 is 0 Å². The van der Waals surface area contributed by atoms with Crippen molar-refractivity contribution in [1.82, 2.24) is 4.67 Å². The van der Waals surface area contributed by atoms with Gasteiger partial charge in [-0.05, 0) is 30.0 Å². The van der Waals surface area contributed by atoms with Gasteiger partial charge in [0.05, 0.1) is 32.5 Å². The number of nitrogens with zero attached hydrogens (tertiary/aromatic N) is 2. The molecule has 0 amide bonds. The number of fused-ring (bicyclic) bond motifs is 1. The smallest absolute Gasteiger partial charge is 0.206 e. The maximum absolute atomic E-state index is 14.6. The molecule has 32 heavy (non-hydrogen) atoms. The molecule has 0 aromatic heterocycles. The lowest BCUT2D eigenvalue weighted by atomic mass is 10.0. The summed E-state index contributed by atoms with van der Waals surface area (Å²) in [4.78, 5) is 16.7. The fourth-order valence-electron chi connectivity index (χ4n) is 4.63. The van der Waals surface area contributed by atoms with Crippen molar-refractivity contribution in [2.24, 2.45) is 5.92 Å². The van der Waals surface area contributed by atoms with E-state index in [1.807, 2.05) is 44.3 Å². The summed E-state index contributed by atoms with van der Waals surface area (Å²) in [5, 5.41) is 0.860. The van der Waals surface area contributed by atoms with Crippen molar-refractivity contribution >= 4 is 13.6 Å². The third kappa shape index (κ3) is 3.90. The minimum atomic E-state index is -3.22. The number of allylic oxidation sites excluding steroid dienone is 2. The van der Waals surface area contributed by atoms with E-state index < -0.39 is 7.87 Å². The Morgan fingerprint density at radius 2 is 1.78 bits per heavy atom. The first-order valence-electron chi connectivity index (χ1n) is 11.0. The molecule has 2 aliphatic heterocycles. The number of benzene rings is 2. The predicted molar refractivity (Wildman–Crippen MR) is 128 cm³/mol. The first-order chi connectivity index (χ1) is 15.3. The molecule has 2 aliphatic rings. The van der Waals surface area contributed by atoms with Crippen molar-refractivity contribution < 1.29 is 18.9 Å². The van der Waals surface area contributed by atoms with Crippen molar-refractivity contribution in [1.29, 1.82) is 0 Å². The molecule has 4 rings (SSSR count). The molecule has 1 unspecified atom stereocenters. The quantitative estimate of drug-likeness (QED) is 0.592. The maximum Gasteiger partial charge on any atom is 0.206 e. The number of anilines is 1. The highest BCUT2D eigenvalue weighted by Crippen LogP contribution is 2.70. The van der Waals surface area contributed by atoms with Gasteiger partial charge in [-0.2, -0.15) is 0 Å². The molecule has 2 atom stereocenters. The van der Waals surface area contributed by atoms with Crippen LogP contribution in [-0.2, 0) is 17.5 Å². The third-order valence-electron chi connectivity index (χ3n) is 6.66. The molecule has 0 saturated carbocycles. The molecular weight excluding hydrogens is 423 g/mol. The zero-order valence-corrected chi connectivity index (χ0v) is 20.7. The number of methoxy groups -OCH3 is 2. The van der Waals surface area contributed by atoms with Crippen molar-refractivity contribution in [3.63, 3.8) is 0 Å². The minimum absolute atomic E-state index is 0.0958. The summed E-state index contributed by atoms with van der Waals surface area (Å²) in [6.07, 6.45) is 0.555. The predicted octanol–water partition coefficient (Wildman–Crippen LogP) is 4.61. The number of rotatable bonds is 6. The first-order valence-corrected chi connectivity index (χ1v) is 12.6. The van der Waals surface area contributed by atoms with Crippen LogP contribution in [0.4, 0.5) is 5.69 Å². The Kier molecular flexibility index (Phi) is 6.51. The number of hydrogen-bond acceptors (Lipinski definition) is 6. The molecule has 2 heterocycles. The van der Waals surface area contributed by atoms with Gasteiger partial charge in [0.15, 0.2) is 11.5 Å². The molecule has 2 aromatic carbocycles. The van der Waals surface area contributed by atoms with Gasteiger partial charge in [0.25, 0.3) is 0 Å². The number of hydrogen-bond donors (Lipinski definition) is 0. The third-order valence-corrected chi connectivity index (χ3v) is 9.44. The summed E-state index contributed by atoms with van der Waals surface area (Å²) in [5.74, 6) is 1.68. The van der Waals surface area contributed by atoms with Gasteiger partial charge in [-0.1, -0.05) is 44.2 Å². The van der Waals surface area contributed by atoms with Gasteiger partial charge < -0.3 is 19.3 Å². The van der Waals surface area contributed by atoms with Gasteiger partial charge in [0.2, 0.25) is 7.87 Å². The van der Waals surface area contributed by atoms with Crippen LogP contribution in [0.3, 0.4) is 0 Å². The minimum Gasteiger partial charge on any atom is -0.637 e. The van der Waals surface area contributed by atoms with Crippen LogP contribution < -0.4 is 19.3 Å². The molecule has 0 N–H and O–H groups in total. The van der Waals surface area contributed by atoms with Crippen LogP contribution in [0.5, 0.6) is 11.5 Å². The average Bonchev–Trinajstić information content (AvgIpc) is 3.13. The monoisotopic (exact) mass is 456 g/mol. The summed E-state index contributed by atoms with van der Waals surface area (Å²) >= 11 is 0. The standard InChI is InChI=1S/C25H33N2O4P/c1-17(2)22-16-31-32(28,27(22)15-19-10-8-7-9-11-19)25-13-20-12-23(29-5)24(30-6)14-21(20)26(4)18(25)3/h7-12,14,17,22H,13,15-16H2,1-6H3/t22-,32?/m1/s1. The normalized spacial score (nSPS) is 23.6. The van der Waals surface area contributed by atoms with E-state index in [0.29, 0.717) is 37.0 Å². The highest BCUT2D eigenvalue weighted by molar-refractivity contribution is 7.66. The molecule has 0 aliphatic carbocycles. The van der Waals surface area contributed by atoms with Crippen LogP contribution in [0.1, 0.15) is 31.9 Å². The molecular formula is C25H33N2O4P. The van der Waals surface area contributed by atoms with Gasteiger partial charge in [0.1, 0.15) is 11.9 Å². The van der Waals surface area contributed by atoms with E-state index in [0.717, 1.165) is 27.8 Å². The summed E-state index contributed by atoms with van der Waals surface area (Å²) in [6, 6.07) is 14.3. The van der Waals surface area contributed by atoms with Gasteiger partial charge in [0, 0.05) is 25.2 Å². The van der Waals surface area contributed by atoms with Gasteiger partial charge >= 0.3 is 0 Å². The van der Waals surface area contributed by atoms with Crippen molar-refractivity contribution in [2.45, 2.75) is 39.8 Å². The highest BCUT2D eigenvalue weighted by atomic mass is 31.2. The Morgan fingerprint density at radius 1 is 1.12 bits per heavy atom. The zero-order chi connectivity index (χ0) is 23.0. The van der Waals surface area contributed by atoms with Crippen LogP contribution in [-0.4, -0.2) is 38.6 Å². The molecule has 0 bridgehead atoms. The van der Waals surface area contributed by atoms with Crippen LogP contribution in [0, 0.1) is 5.92 Å². The van der Waals surface area contributed by atoms with E-state index in [-0.39, 0.29) is 6.04 Å². The lowest BCUT2D eigenvalue weighted by Gasteiger charge is -2.40. The summed E-state index contributed by atoms with van der Waals surface area (Å²) in [7, 11) is 2.05. The second-order valence-corrected chi connectivity index (χ2v) is 11.2. The Bertz CT molecular complexity index is 1010. The maximum atomic E-state index is 14.6. The Hall–Kier alpha value is -2.11. The first kappa shape index (κ1) is 23.1. The molecule has 6 nitrogen and oxygen atoms in total. The fraction of sp³-hybridized carbons (Fsp3) is 0.440. The Balaban J connectivity index is 1.76. The fourth-order valence-corrected chi connectivity index (χ4v) is 7.61. The highest BCUT2D eigenvalue weighted by Gasteiger charge is 2.54. The molecule has 7 heteroatoms. The van der Waals surface area contributed by atoms with E-state index in [4.69, 9.17) is 14.0 Å². The number of ether oxygens (including phenoxy) is 2. The van der Waals surface area contributed by atoms with Crippen molar-refractivity contribution in [2.75, 3.05) is 32.8 Å². The average molecular weight is 457 g/mol. The Labute approximate surface area is 192 Å². The van der Waals surface area contributed by atoms with Crippen molar-refractivity contribution in [3.05, 3.63) is 64.6 Å². The van der Waals surface area contributed by atoms with Crippen molar-refractivity contribution in [3.8, 4) is 11.5 Å². The largest absolute Gasteiger partial charge is 0.637 e. The lowest BCUT2D eigenvalue weighted by molar-refractivity contribution is -0.197. The zero-order valence-electron chi connectivity index (χ0n) is 19.8. The van der Waals surface area contributed by atoms with Gasteiger partial charge in [-0.25, -0.2) is 4.52 Å². The topological polar surface area (TPSA) is 57.2 Å². The summed E-state index contributed by atoms with van der Waals surface area (Å²) < 4.78 is 19.4. The van der Waals surface area contributed by atoms with E-state index in [9.17, 15) is 4.89 Å². The van der Waals surface area contributed by atoms with Crippen LogP contribution in [0.2, 0.25) is 0 Å². The SMILES string of the molecule is COc1cc2c(cc1OC)N(C)C(C)=C([P+]1([O-])OC[C@H](C(C)C)N1Cc1ccccc1)C2. The van der Waals surface area contributed by atoms with Crippen LogP contribution >= 0.6 is 7.87 Å². The molecule has 1 saturated heterocycles. The van der Waals surface area contributed by atoms with Gasteiger partial charge in [-0.3, -0.25) is 0 Å². The lowest BCUT2D eigenvalue weighted by Crippen LogP contribution is -2.39. The second-order valence-electron chi connectivity index (χ2n) is 8.81. The van der Waals surface area contributed by atoms with Gasteiger partial charge in [-0.15, -0.1) is 4.67 Å². The van der Waals surface area contributed by atoms with E-state index in [1.165, 1.54) is 0 Å². The van der Waals surface area contributed by atoms with E-state index in [1.54, 1.807) is 14.2 Å². The van der Waals surface area contributed by atoms with Crippen LogP contribution in [0.15, 0.2) is 53.5 Å². The molecule has 2 aromatic rings. The summed E-state index contributed by atoms with van der Waals surface area (Å²) in [5.41, 5.74) is 4.19. The second kappa shape index (κ2) is 9.03. The molecule has 0 spiro atoms. The molecule has 172 valence electrons. The van der Waals surface area contributed by atoms with Crippen LogP contribution in [0.25, 0.3) is 0 Å². The molecule has 0 radical (unpaired) electrons. The molecule has 1 fully saturated rings. The Morgan fingerprint density at radius 3 is 2.41 bits per heavy atom. The summed E-state index contributed by atoms with van der Waals surface area (Å²) in [6.45, 7) is 7.44. The van der Waals surface area contributed by atoms with E-state index in [2.05, 4.69) is 35.6 Å².